The van der Waals surface area contributed by atoms with Gasteiger partial charge in [-0.05, 0) is 50.8 Å². The van der Waals surface area contributed by atoms with E-state index < -0.39 is 6.23 Å². The second-order valence-electron chi connectivity index (χ2n) is 9.38. The molecule has 6 nitrogen and oxygen atoms in total. The third kappa shape index (κ3) is 4.67. The third-order valence-electron chi connectivity index (χ3n) is 5.85. The van der Waals surface area contributed by atoms with Crippen molar-refractivity contribution < 1.29 is 9.53 Å². The van der Waals surface area contributed by atoms with Gasteiger partial charge in [0, 0.05) is 23.3 Å². The van der Waals surface area contributed by atoms with Crippen molar-refractivity contribution in [3.05, 3.63) is 58.1 Å². The highest BCUT2D eigenvalue weighted by atomic mass is 32.2. The second-order valence-corrected chi connectivity index (χ2v) is 10.4. The van der Waals surface area contributed by atoms with Crippen molar-refractivity contribution in [3.8, 4) is 17.1 Å². The number of thioether (sulfide) groups is 1. The fourth-order valence-corrected chi connectivity index (χ4v) is 4.97. The van der Waals surface area contributed by atoms with E-state index >= 15 is 0 Å². The number of benzene rings is 2. The van der Waals surface area contributed by atoms with Crippen LogP contribution < -0.4 is 9.64 Å². The first-order chi connectivity index (χ1) is 16.2. The summed E-state index contributed by atoms with van der Waals surface area (Å²) < 4.78 is 6.62. The molecule has 1 atom stereocenters. The Morgan fingerprint density at radius 3 is 2.53 bits per heavy atom. The Bertz CT molecular complexity index is 1240. The Morgan fingerprint density at radius 1 is 1.06 bits per heavy atom. The molecule has 2 aromatic carbocycles. The van der Waals surface area contributed by atoms with Gasteiger partial charge in [-0.25, -0.2) is 0 Å². The molecule has 4 rings (SSSR count). The first-order valence-corrected chi connectivity index (χ1v) is 12.7. The summed E-state index contributed by atoms with van der Waals surface area (Å²) in [5.41, 5.74) is 7.36. The summed E-state index contributed by atoms with van der Waals surface area (Å²) in [6.07, 6.45) is -0.309. The van der Waals surface area contributed by atoms with Gasteiger partial charge in [-0.2, -0.15) is 4.98 Å². The van der Waals surface area contributed by atoms with Gasteiger partial charge in [0.15, 0.2) is 5.69 Å². The normalized spacial score (nSPS) is 14.9. The van der Waals surface area contributed by atoms with Crippen LogP contribution in [0.25, 0.3) is 11.3 Å². The molecule has 7 heteroatoms. The maximum atomic E-state index is 13.5. The predicted molar refractivity (Wildman–Crippen MR) is 137 cm³/mol. The molecule has 1 aliphatic rings. The number of rotatable bonds is 5. The van der Waals surface area contributed by atoms with E-state index in [9.17, 15) is 4.79 Å². The largest absolute Gasteiger partial charge is 0.447 e. The fraction of sp³-hybridized carbons (Fsp3) is 0.407. The molecule has 2 heterocycles. The Labute approximate surface area is 206 Å². The van der Waals surface area contributed by atoms with Gasteiger partial charge in [0.2, 0.25) is 23.2 Å². The van der Waals surface area contributed by atoms with E-state index in [-0.39, 0.29) is 5.91 Å². The highest BCUT2D eigenvalue weighted by Crippen LogP contribution is 2.46. The zero-order valence-corrected chi connectivity index (χ0v) is 21.8. The number of amides is 1. The van der Waals surface area contributed by atoms with Crippen LogP contribution in [0.1, 0.15) is 61.2 Å². The minimum atomic E-state index is -0.659. The van der Waals surface area contributed by atoms with Gasteiger partial charge in [-0.1, -0.05) is 67.9 Å². The quantitative estimate of drug-likeness (QED) is 0.400. The Hall–Kier alpha value is -2.93. The molecular weight excluding hydrogens is 444 g/mol. The molecule has 34 heavy (non-hydrogen) atoms. The van der Waals surface area contributed by atoms with E-state index in [4.69, 9.17) is 9.72 Å². The average molecular weight is 477 g/mol. The number of anilines is 1. The van der Waals surface area contributed by atoms with Crippen LogP contribution in [0.3, 0.4) is 0 Å². The Morgan fingerprint density at radius 2 is 1.82 bits per heavy atom. The van der Waals surface area contributed by atoms with E-state index in [0.717, 1.165) is 44.8 Å². The standard InChI is InChI=1S/C27H32N4O2S/c1-8-22(32)31-24-19(7)11-17(5)13-21(24)23-25(28-27(30-29-23)34-14-15(2)3)33-26(31)20-12-16(4)9-10-18(20)6/h9-13,15,26H,8,14H2,1-7H3/t26-/m0/s1. The molecule has 0 aliphatic carbocycles. The number of ether oxygens (including phenoxy) is 1. The number of carbonyl (C=O) groups excluding carboxylic acids is 1. The molecular formula is C27H32N4O2S. The Kier molecular flexibility index (Phi) is 6.94. The minimum Gasteiger partial charge on any atom is -0.447 e. The van der Waals surface area contributed by atoms with Gasteiger partial charge in [0.1, 0.15) is 0 Å². The van der Waals surface area contributed by atoms with Crippen LogP contribution in [-0.4, -0.2) is 26.8 Å². The number of carbonyl (C=O) groups is 1. The zero-order chi connectivity index (χ0) is 24.6. The van der Waals surface area contributed by atoms with E-state index in [1.165, 1.54) is 0 Å². The lowest BCUT2D eigenvalue weighted by Crippen LogP contribution is -2.38. The fourth-order valence-electron chi connectivity index (χ4n) is 4.24. The van der Waals surface area contributed by atoms with Gasteiger partial charge < -0.3 is 4.74 Å². The van der Waals surface area contributed by atoms with Crippen molar-refractivity contribution in [1.29, 1.82) is 0 Å². The summed E-state index contributed by atoms with van der Waals surface area (Å²) in [5.74, 6) is 1.77. The maximum absolute atomic E-state index is 13.5. The first-order valence-electron chi connectivity index (χ1n) is 11.7. The molecule has 0 radical (unpaired) electrons. The number of hydrogen-bond acceptors (Lipinski definition) is 6. The number of aryl methyl sites for hydroxylation is 4. The van der Waals surface area contributed by atoms with E-state index in [1.54, 1.807) is 16.7 Å². The number of hydrogen-bond donors (Lipinski definition) is 0. The molecule has 1 aliphatic heterocycles. The molecule has 0 spiro atoms. The van der Waals surface area contributed by atoms with Crippen molar-refractivity contribution in [1.82, 2.24) is 15.2 Å². The first kappa shape index (κ1) is 24.2. The van der Waals surface area contributed by atoms with E-state index in [1.807, 2.05) is 40.7 Å². The zero-order valence-electron chi connectivity index (χ0n) is 21.0. The minimum absolute atomic E-state index is 0.0192. The molecule has 0 unspecified atom stereocenters. The van der Waals surface area contributed by atoms with Crippen LogP contribution in [0.15, 0.2) is 35.5 Å². The molecule has 0 saturated carbocycles. The van der Waals surface area contributed by atoms with Gasteiger partial charge >= 0.3 is 0 Å². The number of fused-ring (bicyclic) bond motifs is 3. The molecule has 0 fully saturated rings. The monoisotopic (exact) mass is 476 g/mol. The van der Waals surface area contributed by atoms with Crippen LogP contribution in [0.5, 0.6) is 5.88 Å². The van der Waals surface area contributed by atoms with Crippen LogP contribution >= 0.6 is 11.8 Å². The van der Waals surface area contributed by atoms with Gasteiger partial charge in [-0.3, -0.25) is 9.69 Å². The van der Waals surface area contributed by atoms with Crippen molar-refractivity contribution in [2.75, 3.05) is 10.7 Å². The van der Waals surface area contributed by atoms with Gasteiger partial charge in [-0.15, -0.1) is 10.2 Å². The smallest absolute Gasteiger partial charge is 0.247 e. The molecule has 0 bridgehead atoms. The maximum Gasteiger partial charge on any atom is 0.247 e. The van der Waals surface area contributed by atoms with Gasteiger partial charge in [0.05, 0.1) is 5.69 Å². The van der Waals surface area contributed by atoms with Crippen LogP contribution in [-0.2, 0) is 4.79 Å². The average Bonchev–Trinajstić information content (AvgIpc) is 2.93. The molecule has 1 aromatic heterocycles. The molecule has 0 N–H and O–H groups in total. The van der Waals surface area contributed by atoms with Crippen molar-refractivity contribution in [2.24, 2.45) is 5.92 Å². The SMILES string of the molecule is CCC(=O)N1c2c(C)cc(C)cc2-c2nnc(SCC(C)C)nc2O[C@H]1c1cc(C)ccc1C. The van der Waals surface area contributed by atoms with Crippen LogP contribution in [0, 0.1) is 33.6 Å². The van der Waals surface area contributed by atoms with Crippen molar-refractivity contribution in [2.45, 2.75) is 66.3 Å². The van der Waals surface area contributed by atoms with E-state index in [2.05, 4.69) is 48.3 Å². The molecule has 3 aromatic rings. The lowest BCUT2D eigenvalue weighted by Gasteiger charge is -2.32. The summed E-state index contributed by atoms with van der Waals surface area (Å²) in [6, 6.07) is 10.4. The number of nitrogens with zero attached hydrogens (tertiary/aromatic N) is 4. The second kappa shape index (κ2) is 9.74. The summed E-state index contributed by atoms with van der Waals surface area (Å²) in [4.78, 5) is 20.0. The van der Waals surface area contributed by atoms with Crippen molar-refractivity contribution in [3.63, 3.8) is 0 Å². The summed E-state index contributed by atoms with van der Waals surface area (Å²) in [7, 11) is 0. The summed E-state index contributed by atoms with van der Waals surface area (Å²) in [5, 5.41) is 9.55. The van der Waals surface area contributed by atoms with E-state index in [0.29, 0.717) is 29.1 Å². The number of aromatic nitrogens is 3. The van der Waals surface area contributed by atoms with Crippen LogP contribution in [0.2, 0.25) is 0 Å². The molecule has 0 saturated heterocycles. The highest BCUT2D eigenvalue weighted by molar-refractivity contribution is 7.99. The van der Waals surface area contributed by atoms with Crippen LogP contribution in [0.4, 0.5) is 5.69 Å². The molecule has 178 valence electrons. The van der Waals surface area contributed by atoms with Crippen molar-refractivity contribution >= 4 is 23.4 Å². The molecule has 1 amide bonds. The Balaban J connectivity index is 1.99. The predicted octanol–water partition coefficient (Wildman–Crippen LogP) is 6.35. The summed E-state index contributed by atoms with van der Waals surface area (Å²) in [6.45, 7) is 14.4. The topological polar surface area (TPSA) is 68.2 Å². The summed E-state index contributed by atoms with van der Waals surface area (Å²) >= 11 is 1.56. The lowest BCUT2D eigenvalue weighted by molar-refractivity contribution is -0.120. The third-order valence-corrected chi connectivity index (χ3v) is 7.12. The lowest BCUT2D eigenvalue weighted by atomic mass is 9.98. The van der Waals surface area contributed by atoms with Gasteiger partial charge in [0.25, 0.3) is 0 Å². The highest BCUT2D eigenvalue weighted by Gasteiger charge is 2.37.